The molecule has 6 nitrogen and oxygen atoms in total. The molecule has 1 aliphatic rings. The first kappa shape index (κ1) is 14.9. The predicted molar refractivity (Wildman–Crippen MR) is 63.6 cm³/mol. The molecule has 1 aliphatic heterocycles. The van der Waals surface area contributed by atoms with Crippen LogP contribution >= 0.6 is 0 Å². The van der Waals surface area contributed by atoms with E-state index in [4.69, 9.17) is 9.84 Å². The molecule has 1 amide bonds. The van der Waals surface area contributed by atoms with E-state index in [1.165, 1.54) is 18.2 Å². The summed E-state index contributed by atoms with van der Waals surface area (Å²) in [4.78, 5) is 23.6. The fourth-order valence-corrected chi connectivity index (χ4v) is 1.83. The first-order valence-electron chi connectivity index (χ1n) is 5.80. The van der Waals surface area contributed by atoms with E-state index in [9.17, 15) is 22.8 Å². The maximum atomic E-state index is 12.1. The van der Waals surface area contributed by atoms with Crippen LogP contribution in [0.25, 0.3) is 0 Å². The van der Waals surface area contributed by atoms with Crippen LogP contribution in [0, 0.1) is 0 Å². The second kappa shape index (κ2) is 5.51. The van der Waals surface area contributed by atoms with Gasteiger partial charge in [0.05, 0.1) is 12.2 Å². The number of carboxylic acids is 1. The molecule has 0 aromatic heterocycles. The standard InChI is InChI=1S/C12H10F3NO5/c13-12(14,15)6-21-11(19)16-4-5-20-9-7(10(17)18)2-1-3-8(9)16/h1-3H,4-6H2,(H,17,18). The highest BCUT2D eigenvalue weighted by Gasteiger charge is 2.33. The third-order valence-electron chi connectivity index (χ3n) is 2.66. The fourth-order valence-electron chi connectivity index (χ4n) is 1.83. The normalized spacial score (nSPS) is 14.1. The van der Waals surface area contributed by atoms with Crippen molar-refractivity contribution in [3.05, 3.63) is 23.8 Å². The van der Waals surface area contributed by atoms with Gasteiger partial charge in [0.2, 0.25) is 0 Å². The monoisotopic (exact) mass is 305 g/mol. The molecule has 0 spiro atoms. The molecule has 2 rings (SSSR count). The lowest BCUT2D eigenvalue weighted by Gasteiger charge is -2.29. The Morgan fingerprint density at radius 1 is 1.38 bits per heavy atom. The third-order valence-corrected chi connectivity index (χ3v) is 2.66. The Kier molecular flexibility index (Phi) is 3.92. The second-order valence-corrected chi connectivity index (χ2v) is 4.13. The average molecular weight is 305 g/mol. The minimum Gasteiger partial charge on any atom is -0.489 e. The van der Waals surface area contributed by atoms with Gasteiger partial charge >= 0.3 is 18.2 Å². The molecule has 0 atom stereocenters. The largest absolute Gasteiger partial charge is 0.489 e. The van der Waals surface area contributed by atoms with Crippen LogP contribution < -0.4 is 9.64 Å². The number of halogens is 3. The van der Waals surface area contributed by atoms with E-state index < -0.39 is 24.8 Å². The van der Waals surface area contributed by atoms with Crippen LogP contribution in [0.1, 0.15) is 10.4 Å². The maximum Gasteiger partial charge on any atom is 0.422 e. The van der Waals surface area contributed by atoms with Crippen LogP contribution in [0.15, 0.2) is 18.2 Å². The minimum absolute atomic E-state index is 0.0350. The molecule has 0 bridgehead atoms. The zero-order chi connectivity index (χ0) is 15.6. The van der Waals surface area contributed by atoms with Gasteiger partial charge in [0.25, 0.3) is 0 Å². The molecule has 1 heterocycles. The highest BCUT2D eigenvalue weighted by Crippen LogP contribution is 2.35. The zero-order valence-corrected chi connectivity index (χ0v) is 10.5. The summed E-state index contributed by atoms with van der Waals surface area (Å²) >= 11 is 0. The third kappa shape index (κ3) is 3.36. The number of aromatic carboxylic acids is 1. The lowest BCUT2D eigenvalue weighted by molar-refractivity contribution is -0.159. The smallest absolute Gasteiger partial charge is 0.422 e. The van der Waals surface area contributed by atoms with E-state index in [-0.39, 0.29) is 30.2 Å². The summed E-state index contributed by atoms with van der Waals surface area (Å²) in [6.07, 6.45) is -5.84. The number of amides is 1. The molecule has 0 saturated heterocycles. The summed E-state index contributed by atoms with van der Waals surface area (Å²) in [5.74, 6) is -1.34. The first-order valence-corrected chi connectivity index (χ1v) is 5.80. The highest BCUT2D eigenvalue weighted by atomic mass is 19.4. The van der Waals surface area contributed by atoms with E-state index in [1.807, 2.05) is 0 Å². The molecule has 1 N–H and O–H groups in total. The lowest BCUT2D eigenvalue weighted by atomic mass is 10.1. The van der Waals surface area contributed by atoms with Crippen molar-refractivity contribution >= 4 is 17.7 Å². The van der Waals surface area contributed by atoms with E-state index in [0.29, 0.717) is 0 Å². The van der Waals surface area contributed by atoms with Crippen molar-refractivity contribution in [2.45, 2.75) is 6.18 Å². The van der Waals surface area contributed by atoms with Gasteiger partial charge in [-0.05, 0) is 12.1 Å². The maximum absolute atomic E-state index is 12.1. The van der Waals surface area contributed by atoms with Crippen LogP contribution in [0.2, 0.25) is 0 Å². The van der Waals surface area contributed by atoms with Crippen molar-refractivity contribution in [2.75, 3.05) is 24.7 Å². The van der Waals surface area contributed by atoms with Gasteiger partial charge in [-0.15, -0.1) is 0 Å². The molecule has 1 aromatic rings. The zero-order valence-electron chi connectivity index (χ0n) is 10.5. The van der Waals surface area contributed by atoms with E-state index >= 15 is 0 Å². The van der Waals surface area contributed by atoms with Crippen molar-refractivity contribution in [1.82, 2.24) is 0 Å². The van der Waals surface area contributed by atoms with Gasteiger partial charge in [0, 0.05) is 0 Å². The Bertz CT molecular complexity index is 573. The number of anilines is 1. The summed E-state index contributed by atoms with van der Waals surface area (Å²) < 4.78 is 45.5. The SMILES string of the molecule is O=C(O)c1cccc2c1OCCN2C(=O)OCC(F)(F)F. The Morgan fingerprint density at radius 3 is 2.71 bits per heavy atom. The summed E-state index contributed by atoms with van der Waals surface area (Å²) in [6, 6.07) is 4.00. The number of para-hydroxylation sites is 1. The predicted octanol–water partition coefficient (Wildman–Crippen LogP) is 2.28. The molecule has 114 valence electrons. The van der Waals surface area contributed by atoms with Crippen LogP contribution in [-0.2, 0) is 4.74 Å². The Balaban J connectivity index is 2.24. The van der Waals surface area contributed by atoms with Crippen molar-refractivity contribution in [3.63, 3.8) is 0 Å². The molecule has 1 aromatic carbocycles. The Morgan fingerprint density at radius 2 is 2.10 bits per heavy atom. The van der Waals surface area contributed by atoms with Gasteiger partial charge in [-0.2, -0.15) is 13.2 Å². The van der Waals surface area contributed by atoms with Crippen molar-refractivity contribution < 1.29 is 37.3 Å². The van der Waals surface area contributed by atoms with E-state index in [0.717, 1.165) is 4.90 Å². The first-order chi connectivity index (χ1) is 9.79. The number of hydrogen-bond acceptors (Lipinski definition) is 4. The average Bonchev–Trinajstić information content (AvgIpc) is 2.42. The number of carboxylic acid groups (broad SMARTS) is 1. The van der Waals surface area contributed by atoms with Gasteiger partial charge in [-0.3, -0.25) is 4.90 Å². The van der Waals surface area contributed by atoms with Gasteiger partial charge in [-0.1, -0.05) is 6.07 Å². The van der Waals surface area contributed by atoms with Gasteiger partial charge in [-0.25, -0.2) is 9.59 Å². The molecule has 0 radical (unpaired) electrons. The van der Waals surface area contributed by atoms with Crippen LogP contribution in [0.3, 0.4) is 0 Å². The van der Waals surface area contributed by atoms with Crippen LogP contribution in [-0.4, -0.2) is 43.1 Å². The summed E-state index contributed by atoms with van der Waals surface area (Å²) in [6.45, 7) is -1.79. The molecule has 0 fully saturated rings. The van der Waals surface area contributed by atoms with Gasteiger partial charge in [0.1, 0.15) is 12.2 Å². The van der Waals surface area contributed by atoms with Crippen LogP contribution in [0.4, 0.5) is 23.7 Å². The number of fused-ring (bicyclic) bond motifs is 1. The number of rotatable bonds is 2. The summed E-state index contributed by atoms with van der Waals surface area (Å²) in [5.41, 5.74) is -0.117. The molecule has 0 unspecified atom stereocenters. The topological polar surface area (TPSA) is 76.1 Å². The molecular formula is C12H10F3NO5. The van der Waals surface area contributed by atoms with Crippen molar-refractivity contribution in [1.29, 1.82) is 0 Å². The number of ether oxygens (including phenoxy) is 2. The number of nitrogens with zero attached hydrogens (tertiary/aromatic N) is 1. The molecular weight excluding hydrogens is 295 g/mol. The van der Waals surface area contributed by atoms with Crippen molar-refractivity contribution in [2.24, 2.45) is 0 Å². The lowest BCUT2D eigenvalue weighted by Crippen LogP contribution is -2.40. The summed E-state index contributed by atoms with van der Waals surface area (Å²) in [5, 5.41) is 9.01. The quantitative estimate of drug-likeness (QED) is 0.907. The number of carbonyl (C=O) groups excluding carboxylic acids is 1. The fraction of sp³-hybridized carbons (Fsp3) is 0.333. The number of alkyl halides is 3. The van der Waals surface area contributed by atoms with Crippen molar-refractivity contribution in [3.8, 4) is 5.75 Å². The molecule has 0 aliphatic carbocycles. The summed E-state index contributed by atoms with van der Waals surface area (Å²) in [7, 11) is 0. The van der Waals surface area contributed by atoms with Gasteiger partial charge < -0.3 is 14.6 Å². The molecule has 9 heteroatoms. The van der Waals surface area contributed by atoms with Gasteiger partial charge in [0.15, 0.2) is 12.4 Å². The number of carbonyl (C=O) groups is 2. The van der Waals surface area contributed by atoms with E-state index in [2.05, 4.69) is 4.74 Å². The Labute approximate surface area is 116 Å². The Hall–Kier alpha value is -2.45. The minimum atomic E-state index is -4.63. The highest BCUT2D eigenvalue weighted by molar-refractivity contribution is 5.97. The number of benzene rings is 1. The van der Waals surface area contributed by atoms with E-state index in [1.54, 1.807) is 0 Å². The number of hydrogen-bond donors (Lipinski definition) is 1. The second-order valence-electron chi connectivity index (χ2n) is 4.13. The van der Waals surface area contributed by atoms with Crippen LogP contribution in [0.5, 0.6) is 5.75 Å². The molecule has 0 saturated carbocycles. The molecule has 21 heavy (non-hydrogen) atoms.